The summed E-state index contributed by atoms with van der Waals surface area (Å²) in [6.07, 6.45) is 3.51. The first-order valence-corrected chi connectivity index (χ1v) is 8.85. The summed E-state index contributed by atoms with van der Waals surface area (Å²) < 4.78 is 0. The van der Waals surface area contributed by atoms with Gasteiger partial charge in [0.25, 0.3) is 0 Å². The molecule has 0 unspecified atom stereocenters. The molecule has 24 heavy (non-hydrogen) atoms. The van der Waals surface area contributed by atoms with E-state index in [4.69, 9.17) is 0 Å². The van der Waals surface area contributed by atoms with Crippen molar-refractivity contribution in [2.24, 2.45) is 11.3 Å². The number of hydrogen-bond acceptors (Lipinski definition) is 3. The van der Waals surface area contributed by atoms with Gasteiger partial charge in [0.1, 0.15) is 0 Å². The lowest BCUT2D eigenvalue weighted by molar-refractivity contribution is -0.0218. The summed E-state index contributed by atoms with van der Waals surface area (Å²) in [5, 5.41) is 23.4. The summed E-state index contributed by atoms with van der Waals surface area (Å²) in [6.45, 7) is 11.4. The second kappa shape index (κ2) is 7.13. The van der Waals surface area contributed by atoms with Gasteiger partial charge in [-0.05, 0) is 50.9 Å². The van der Waals surface area contributed by atoms with Crippen LogP contribution >= 0.6 is 0 Å². The second-order valence-corrected chi connectivity index (χ2v) is 8.31. The number of aryl methyl sites for hydroxylation is 2. The molecule has 0 radical (unpaired) electrons. The van der Waals surface area contributed by atoms with Crippen LogP contribution in [-0.2, 0) is 6.54 Å². The van der Waals surface area contributed by atoms with Gasteiger partial charge < -0.3 is 15.7 Å². The molecule has 2 rings (SSSR count). The van der Waals surface area contributed by atoms with Crippen LogP contribution in [0.5, 0.6) is 0 Å². The number of H-pyrrole nitrogens is 1. The highest BCUT2D eigenvalue weighted by molar-refractivity contribution is 5.73. The third-order valence-electron chi connectivity index (χ3n) is 5.43. The quantitative estimate of drug-likeness (QED) is 0.681. The first kappa shape index (κ1) is 18.8. The number of hydrogen-bond donors (Lipinski definition) is 4. The van der Waals surface area contributed by atoms with Crippen molar-refractivity contribution in [1.29, 1.82) is 0 Å². The Bertz CT molecular complexity index is 547. The number of nitrogens with one attached hydrogen (secondary N) is 3. The molecule has 1 saturated carbocycles. The smallest absolute Gasteiger partial charge is 0.315 e. The predicted octanol–water partition coefficient (Wildman–Crippen LogP) is 2.79. The number of nitrogens with zero attached hydrogens (tertiary/aromatic N) is 1. The fourth-order valence-electron chi connectivity index (χ4n) is 3.51. The molecule has 0 spiro atoms. The van der Waals surface area contributed by atoms with Gasteiger partial charge in [-0.2, -0.15) is 5.10 Å². The number of carbonyl (C=O) groups is 1. The van der Waals surface area contributed by atoms with E-state index in [2.05, 4.69) is 41.6 Å². The normalized spacial score (nSPS) is 24.7. The van der Waals surface area contributed by atoms with Crippen molar-refractivity contribution < 1.29 is 9.90 Å². The van der Waals surface area contributed by atoms with E-state index in [0.29, 0.717) is 19.0 Å². The summed E-state index contributed by atoms with van der Waals surface area (Å²) in [7, 11) is 0. The van der Waals surface area contributed by atoms with Crippen LogP contribution in [0.15, 0.2) is 0 Å². The Hall–Kier alpha value is -1.56. The largest absolute Gasteiger partial charge is 0.388 e. The predicted molar refractivity (Wildman–Crippen MR) is 94.7 cm³/mol. The summed E-state index contributed by atoms with van der Waals surface area (Å²) >= 11 is 0. The van der Waals surface area contributed by atoms with Gasteiger partial charge in [-0.25, -0.2) is 4.79 Å². The highest BCUT2D eigenvalue weighted by atomic mass is 16.3. The Morgan fingerprint density at radius 3 is 2.42 bits per heavy atom. The Morgan fingerprint density at radius 1 is 1.29 bits per heavy atom. The fourth-order valence-corrected chi connectivity index (χ4v) is 3.51. The maximum atomic E-state index is 12.0. The second-order valence-electron chi connectivity index (χ2n) is 8.31. The van der Waals surface area contributed by atoms with Crippen LogP contribution in [0.2, 0.25) is 0 Å². The maximum absolute atomic E-state index is 12.0. The van der Waals surface area contributed by atoms with Crippen molar-refractivity contribution >= 4 is 6.03 Å². The molecule has 1 fully saturated rings. The maximum Gasteiger partial charge on any atom is 0.315 e. The van der Waals surface area contributed by atoms with E-state index in [0.717, 1.165) is 42.6 Å². The molecular formula is C18H32N4O2. The molecule has 0 atom stereocenters. The van der Waals surface area contributed by atoms with Crippen LogP contribution in [0.4, 0.5) is 4.79 Å². The average molecular weight is 336 g/mol. The van der Waals surface area contributed by atoms with Crippen LogP contribution in [0, 0.1) is 25.2 Å². The molecule has 0 aliphatic heterocycles. The average Bonchev–Trinajstić information content (AvgIpc) is 2.81. The molecule has 1 aliphatic rings. The van der Waals surface area contributed by atoms with Gasteiger partial charge in [0.05, 0.1) is 11.3 Å². The van der Waals surface area contributed by atoms with Gasteiger partial charge in [-0.15, -0.1) is 0 Å². The van der Waals surface area contributed by atoms with Gasteiger partial charge in [0.15, 0.2) is 0 Å². The minimum Gasteiger partial charge on any atom is -0.388 e. The summed E-state index contributed by atoms with van der Waals surface area (Å²) in [5.41, 5.74) is 2.38. The van der Waals surface area contributed by atoms with Gasteiger partial charge >= 0.3 is 6.03 Å². The molecule has 1 heterocycles. The third-order valence-corrected chi connectivity index (χ3v) is 5.43. The van der Waals surface area contributed by atoms with E-state index >= 15 is 0 Å². The molecule has 2 amide bonds. The van der Waals surface area contributed by atoms with Crippen molar-refractivity contribution in [3.63, 3.8) is 0 Å². The molecule has 1 aromatic heterocycles. The molecule has 6 nitrogen and oxygen atoms in total. The molecule has 6 heteroatoms. The molecule has 4 N–H and O–H groups in total. The summed E-state index contributed by atoms with van der Waals surface area (Å²) in [5.74, 6) is 0.638. The number of urea groups is 1. The minimum absolute atomic E-state index is 0.249. The molecular weight excluding hydrogens is 304 g/mol. The number of aliphatic hydroxyl groups is 1. The standard InChI is InChI=1S/C18H32N4O2/c1-12-15(13(2)22-21-12)10-19-16(23)20-11-18(24)8-6-14(7-9-18)17(3,4)5/h14,24H,6-11H2,1-5H3,(H,21,22)(H2,19,20,23). The highest BCUT2D eigenvalue weighted by Crippen LogP contribution is 2.41. The number of aromatic nitrogens is 2. The van der Waals surface area contributed by atoms with Crippen molar-refractivity contribution in [3.8, 4) is 0 Å². The van der Waals surface area contributed by atoms with E-state index in [9.17, 15) is 9.90 Å². The molecule has 0 saturated heterocycles. The zero-order valence-corrected chi connectivity index (χ0v) is 15.6. The number of carbonyl (C=O) groups excluding carboxylic acids is 1. The fraction of sp³-hybridized carbons (Fsp3) is 0.778. The summed E-state index contributed by atoms with van der Waals surface area (Å²) in [6, 6.07) is -0.249. The van der Waals surface area contributed by atoms with E-state index in [1.807, 2.05) is 13.8 Å². The van der Waals surface area contributed by atoms with Crippen LogP contribution in [-0.4, -0.2) is 33.5 Å². The lowest BCUT2D eigenvalue weighted by Crippen LogP contribution is -2.48. The number of aromatic amines is 1. The lowest BCUT2D eigenvalue weighted by atomic mass is 9.68. The van der Waals surface area contributed by atoms with Crippen LogP contribution in [0.3, 0.4) is 0 Å². The monoisotopic (exact) mass is 336 g/mol. The SMILES string of the molecule is Cc1n[nH]c(C)c1CNC(=O)NCC1(O)CCC(C(C)(C)C)CC1. The van der Waals surface area contributed by atoms with Crippen LogP contribution < -0.4 is 10.6 Å². The van der Waals surface area contributed by atoms with Gasteiger partial charge in [-0.1, -0.05) is 20.8 Å². The Kier molecular flexibility index (Phi) is 5.58. The Labute approximate surface area is 144 Å². The molecule has 136 valence electrons. The van der Waals surface area contributed by atoms with Gasteiger partial charge in [0, 0.05) is 24.3 Å². The van der Waals surface area contributed by atoms with Crippen LogP contribution in [0.1, 0.15) is 63.4 Å². The molecule has 0 bridgehead atoms. The van der Waals surface area contributed by atoms with Gasteiger partial charge in [0.2, 0.25) is 0 Å². The molecule has 0 aromatic carbocycles. The van der Waals surface area contributed by atoms with Crippen molar-refractivity contribution in [2.45, 2.75) is 72.4 Å². The first-order chi connectivity index (χ1) is 11.1. The van der Waals surface area contributed by atoms with E-state index in [1.165, 1.54) is 0 Å². The summed E-state index contributed by atoms with van der Waals surface area (Å²) in [4.78, 5) is 12.0. The van der Waals surface area contributed by atoms with Crippen LogP contribution in [0.25, 0.3) is 0 Å². The number of amides is 2. The van der Waals surface area contributed by atoms with Crippen molar-refractivity contribution in [3.05, 3.63) is 17.0 Å². The highest BCUT2D eigenvalue weighted by Gasteiger charge is 2.37. The lowest BCUT2D eigenvalue weighted by Gasteiger charge is -2.41. The minimum atomic E-state index is -0.777. The topological polar surface area (TPSA) is 90.0 Å². The number of rotatable bonds is 4. The van der Waals surface area contributed by atoms with E-state index < -0.39 is 5.60 Å². The van der Waals surface area contributed by atoms with Crippen molar-refractivity contribution in [1.82, 2.24) is 20.8 Å². The zero-order chi connectivity index (χ0) is 18.0. The Balaban J connectivity index is 1.76. The zero-order valence-electron chi connectivity index (χ0n) is 15.6. The van der Waals surface area contributed by atoms with E-state index in [-0.39, 0.29) is 11.4 Å². The molecule has 1 aliphatic carbocycles. The third kappa shape index (κ3) is 4.72. The van der Waals surface area contributed by atoms with Crippen molar-refractivity contribution in [2.75, 3.05) is 6.54 Å². The Morgan fingerprint density at radius 2 is 1.92 bits per heavy atom. The first-order valence-electron chi connectivity index (χ1n) is 8.85. The van der Waals surface area contributed by atoms with Gasteiger partial charge in [-0.3, -0.25) is 5.10 Å². The molecule has 1 aromatic rings. The van der Waals surface area contributed by atoms with E-state index in [1.54, 1.807) is 0 Å².